The van der Waals surface area contributed by atoms with Gasteiger partial charge in [-0.05, 0) is 39.6 Å². The maximum atomic E-state index is 9.70. The van der Waals surface area contributed by atoms with E-state index in [1.54, 1.807) is 0 Å². The summed E-state index contributed by atoms with van der Waals surface area (Å²) in [6.45, 7) is 6.83. The van der Waals surface area contributed by atoms with Crippen molar-refractivity contribution in [2.75, 3.05) is 0 Å². The van der Waals surface area contributed by atoms with Gasteiger partial charge in [-0.15, -0.1) is 12.4 Å². The molecule has 1 aromatic carbocycles. The molecule has 0 heterocycles. The zero-order chi connectivity index (χ0) is 10.9. The van der Waals surface area contributed by atoms with Crippen LogP contribution in [0.15, 0.2) is 12.1 Å². The van der Waals surface area contributed by atoms with Crippen LogP contribution >= 0.6 is 35.0 Å². The summed E-state index contributed by atoms with van der Waals surface area (Å²) in [6, 6.07) is 3.99. The van der Waals surface area contributed by atoms with Crippen LogP contribution in [0.4, 0.5) is 0 Å². The molecule has 4 heteroatoms. The van der Waals surface area contributed by atoms with Crippen LogP contribution in [0.25, 0.3) is 0 Å². The van der Waals surface area contributed by atoms with Crippen LogP contribution in [0.3, 0.4) is 0 Å². The van der Waals surface area contributed by atoms with Crippen LogP contribution in [0.2, 0.25) is 0 Å². The molecule has 0 saturated heterocycles. The molecule has 0 saturated carbocycles. The predicted octanol–water partition coefficient (Wildman–Crippen LogP) is 3.17. The molecule has 2 nitrogen and oxygen atoms in total. The van der Waals surface area contributed by atoms with Crippen molar-refractivity contribution in [3.05, 3.63) is 26.8 Å². The van der Waals surface area contributed by atoms with Crippen molar-refractivity contribution < 1.29 is 5.11 Å². The van der Waals surface area contributed by atoms with Gasteiger partial charge in [-0.2, -0.15) is 0 Å². The first-order chi connectivity index (χ1) is 6.36. The Morgan fingerprint density at radius 2 is 1.87 bits per heavy atom. The minimum absolute atomic E-state index is 0. The van der Waals surface area contributed by atoms with Gasteiger partial charge < -0.3 is 10.8 Å². The average molecular weight is 342 g/mol. The molecule has 0 aliphatic heterocycles. The molecule has 0 aliphatic carbocycles. The molecule has 86 valence electrons. The van der Waals surface area contributed by atoms with E-state index < -0.39 is 0 Å². The lowest BCUT2D eigenvalue weighted by Gasteiger charge is -2.21. The normalized spacial score (nSPS) is 11.0. The van der Waals surface area contributed by atoms with E-state index in [0.29, 0.717) is 12.3 Å². The van der Waals surface area contributed by atoms with E-state index in [0.717, 1.165) is 9.13 Å². The number of aromatic hydroxyl groups is 1. The summed E-state index contributed by atoms with van der Waals surface area (Å²) in [5, 5.41) is 9.70. The Hall–Kier alpha value is -0.0000000000000000555. The minimum atomic E-state index is 0. The van der Waals surface area contributed by atoms with Crippen molar-refractivity contribution in [2.45, 2.75) is 32.7 Å². The zero-order valence-corrected chi connectivity index (χ0v) is 12.1. The Bertz CT molecular complexity index is 347. The fraction of sp³-hybridized carbons (Fsp3) is 0.455. The summed E-state index contributed by atoms with van der Waals surface area (Å²) in [4.78, 5) is 0. The van der Waals surface area contributed by atoms with E-state index in [1.807, 2.05) is 12.1 Å². The molecule has 15 heavy (non-hydrogen) atoms. The van der Waals surface area contributed by atoms with E-state index in [-0.39, 0.29) is 17.8 Å². The SMILES string of the molecule is CC(C)(C)c1cc(I)c(O)c(CN)c1.Cl. The number of benzene rings is 1. The molecule has 0 aliphatic rings. The first kappa shape index (κ1) is 15.0. The van der Waals surface area contributed by atoms with Gasteiger partial charge in [0.05, 0.1) is 3.57 Å². The molecule has 0 spiro atoms. The van der Waals surface area contributed by atoms with Gasteiger partial charge in [-0.25, -0.2) is 0 Å². The van der Waals surface area contributed by atoms with Gasteiger partial charge in [0.15, 0.2) is 0 Å². The smallest absolute Gasteiger partial charge is 0.133 e. The average Bonchev–Trinajstić information content (AvgIpc) is 2.07. The van der Waals surface area contributed by atoms with E-state index in [2.05, 4.69) is 43.4 Å². The summed E-state index contributed by atoms with van der Waals surface area (Å²) in [5.41, 5.74) is 7.69. The second-order valence-corrected chi connectivity index (χ2v) is 5.58. The van der Waals surface area contributed by atoms with Crippen molar-refractivity contribution in [1.82, 2.24) is 0 Å². The summed E-state index contributed by atoms with van der Waals surface area (Å²) in [5.74, 6) is 0.320. The first-order valence-electron chi connectivity index (χ1n) is 4.58. The number of hydrogen-bond donors (Lipinski definition) is 2. The summed E-state index contributed by atoms with van der Waals surface area (Å²) in [7, 11) is 0. The number of nitrogens with two attached hydrogens (primary N) is 1. The highest BCUT2D eigenvalue weighted by Crippen LogP contribution is 2.31. The van der Waals surface area contributed by atoms with Crippen LogP contribution in [0.5, 0.6) is 5.75 Å². The Labute approximate surface area is 111 Å². The third kappa shape index (κ3) is 3.50. The van der Waals surface area contributed by atoms with Crippen LogP contribution in [0.1, 0.15) is 31.9 Å². The molecule has 0 fully saturated rings. The van der Waals surface area contributed by atoms with Gasteiger partial charge in [-0.1, -0.05) is 26.8 Å². The van der Waals surface area contributed by atoms with E-state index in [4.69, 9.17) is 5.73 Å². The third-order valence-electron chi connectivity index (χ3n) is 2.23. The molecule has 0 amide bonds. The van der Waals surface area contributed by atoms with E-state index in [1.165, 1.54) is 5.56 Å². The van der Waals surface area contributed by atoms with Gasteiger partial charge in [0, 0.05) is 12.1 Å². The third-order valence-corrected chi connectivity index (χ3v) is 3.05. The molecule has 0 aromatic heterocycles. The number of phenolic OH excluding ortho intramolecular Hbond substituents is 1. The lowest BCUT2D eigenvalue weighted by Crippen LogP contribution is -2.12. The van der Waals surface area contributed by atoms with Crippen LogP contribution in [-0.4, -0.2) is 5.11 Å². The van der Waals surface area contributed by atoms with E-state index >= 15 is 0 Å². The highest BCUT2D eigenvalue weighted by molar-refractivity contribution is 14.1. The van der Waals surface area contributed by atoms with Crippen molar-refractivity contribution in [3.8, 4) is 5.75 Å². The Balaban J connectivity index is 0.00000196. The largest absolute Gasteiger partial charge is 0.507 e. The predicted molar refractivity (Wildman–Crippen MR) is 74.7 cm³/mol. The Morgan fingerprint density at radius 3 is 2.27 bits per heavy atom. The van der Waals surface area contributed by atoms with Crippen LogP contribution < -0.4 is 5.73 Å². The van der Waals surface area contributed by atoms with Gasteiger partial charge in [-0.3, -0.25) is 0 Å². The van der Waals surface area contributed by atoms with Gasteiger partial charge in [0.1, 0.15) is 5.75 Å². The number of phenols is 1. The maximum absolute atomic E-state index is 9.70. The number of hydrogen-bond acceptors (Lipinski definition) is 2. The maximum Gasteiger partial charge on any atom is 0.133 e. The van der Waals surface area contributed by atoms with Crippen molar-refractivity contribution in [1.29, 1.82) is 0 Å². The Morgan fingerprint density at radius 1 is 1.33 bits per heavy atom. The van der Waals surface area contributed by atoms with Crippen molar-refractivity contribution >= 4 is 35.0 Å². The van der Waals surface area contributed by atoms with Crippen LogP contribution in [0, 0.1) is 3.57 Å². The molecule has 1 rings (SSSR count). The zero-order valence-electron chi connectivity index (χ0n) is 9.17. The summed E-state index contributed by atoms with van der Waals surface area (Å²) in [6.07, 6.45) is 0. The van der Waals surface area contributed by atoms with Crippen molar-refractivity contribution in [2.24, 2.45) is 5.73 Å². The topological polar surface area (TPSA) is 46.2 Å². The molecule has 3 N–H and O–H groups in total. The molecule has 0 atom stereocenters. The molecule has 1 aromatic rings. The molecular formula is C11H17ClINO. The summed E-state index contributed by atoms with van der Waals surface area (Å²) >= 11 is 2.13. The second-order valence-electron chi connectivity index (χ2n) is 4.42. The first-order valence-corrected chi connectivity index (χ1v) is 5.66. The lowest BCUT2D eigenvalue weighted by atomic mass is 9.86. The van der Waals surface area contributed by atoms with Gasteiger partial charge in [0.25, 0.3) is 0 Å². The van der Waals surface area contributed by atoms with Gasteiger partial charge >= 0.3 is 0 Å². The Kier molecular flexibility index (Phi) is 5.37. The van der Waals surface area contributed by atoms with Crippen molar-refractivity contribution in [3.63, 3.8) is 0 Å². The second kappa shape index (κ2) is 5.37. The number of rotatable bonds is 1. The molecule has 0 bridgehead atoms. The molecule has 0 unspecified atom stereocenters. The fourth-order valence-electron chi connectivity index (χ4n) is 1.24. The molecule has 0 radical (unpaired) electrons. The quantitative estimate of drug-likeness (QED) is 0.771. The standard InChI is InChI=1S/C11H16INO.ClH/c1-11(2,3)8-4-7(6-13)10(14)9(12)5-8;/h4-5,14H,6,13H2,1-3H3;1H. The van der Waals surface area contributed by atoms with Gasteiger partial charge in [0.2, 0.25) is 0 Å². The minimum Gasteiger partial charge on any atom is -0.507 e. The number of halogens is 2. The lowest BCUT2D eigenvalue weighted by molar-refractivity contribution is 0.463. The summed E-state index contributed by atoms with van der Waals surface area (Å²) < 4.78 is 0.871. The molecular weight excluding hydrogens is 324 g/mol. The monoisotopic (exact) mass is 341 g/mol. The highest BCUT2D eigenvalue weighted by Gasteiger charge is 2.17. The highest BCUT2D eigenvalue weighted by atomic mass is 127. The van der Waals surface area contributed by atoms with Crippen LogP contribution in [-0.2, 0) is 12.0 Å². The fourth-order valence-corrected chi connectivity index (χ4v) is 1.93. The van der Waals surface area contributed by atoms with E-state index in [9.17, 15) is 5.11 Å².